The summed E-state index contributed by atoms with van der Waals surface area (Å²) in [6, 6.07) is 3.06. The first kappa shape index (κ1) is 16.3. The van der Waals surface area contributed by atoms with Gasteiger partial charge in [-0.25, -0.2) is 8.78 Å². The number of hydrogen-bond acceptors (Lipinski definition) is 3. The smallest absolute Gasteiger partial charge is 0.254 e. The number of rotatable bonds is 3. The molecule has 0 saturated heterocycles. The maximum Gasteiger partial charge on any atom is 0.254 e. The van der Waals surface area contributed by atoms with E-state index in [0.717, 1.165) is 5.56 Å². The molecule has 5 nitrogen and oxygen atoms in total. The Labute approximate surface area is 144 Å². The Morgan fingerprint density at radius 2 is 1.88 bits per heavy atom. The number of carbonyl (C=O) groups excluding carboxylic acids is 2. The number of alkyl halides is 2. The molecule has 2 N–H and O–H groups in total. The molecule has 2 amide bonds. The number of carbonyl (C=O) groups is 2. The molecule has 1 aliphatic heterocycles. The van der Waals surface area contributed by atoms with Crippen LogP contribution in [-0.2, 0) is 6.42 Å². The number of amides is 2. The average molecular weight is 350 g/mol. The number of halogens is 2. The van der Waals surface area contributed by atoms with Crippen LogP contribution in [0, 0.1) is 11.8 Å². The maximum atomic E-state index is 13.3. The summed E-state index contributed by atoms with van der Waals surface area (Å²) in [5, 5.41) is 5.40. The highest BCUT2D eigenvalue weighted by Gasteiger charge is 2.63. The highest BCUT2D eigenvalue weighted by Crippen LogP contribution is 2.58. The van der Waals surface area contributed by atoms with Crippen LogP contribution in [-0.4, -0.2) is 36.9 Å². The second kappa shape index (κ2) is 5.41. The quantitative estimate of drug-likeness (QED) is 0.878. The fourth-order valence-electron chi connectivity index (χ4n) is 4.19. The summed E-state index contributed by atoms with van der Waals surface area (Å²) in [6.07, 6.45) is 0.270. The van der Waals surface area contributed by atoms with Crippen molar-refractivity contribution in [3.05, 3.63) is 28.8 Å². The SMILES string of the molecule is CNC(=O)c1cc(C(=O)NC2C3CC(F)(F)CC32)cc2c1OC(C)C2. The third-order valence-electron chi connectivity index (χ3n) is 5.42. The molecule has 0 aromatic heterocycles. The zero-order chi connectivity index (χ0) is 17.9. The molecule has 2 aliphatic carbocycles. The van der Waals surface area contributed by atoms with Crippen LogP contribution in [0.4, 0.5) is 8.78 Å². The van der Waals surface area contributed by atoms with Gasteiger partial charge >= 0.3 is 0 Å². The zero-order valence-corrected chi connectivity index (χ0v) is 14.1. The second-order valence-corrected chi connectivity index (χ2v) is 7.31. The predicted molar refractivity (Wildman–Crippen MR) is 86.0 cm³/mol. The monoisotopic (exact) mass is 350 g/mol. The lowest BCUT2D eigenvalue weighted by Crippen LogP contribution is -2.31. The lowest BCUT2D eigenvalue weighted by Gasteiger charge is -2.15. The van der Waals surface area contributed by atoms with Crippen LogP contribution in [0.2, 0.25) is 0 Å². The van der Waals surface area contributed by atoms with Gasteiger partial charge in [-0.2, -0.15) is 0 Å². The van der Waals surface area contributed by atoms with Gasteiger partial charge in [-0.15, -0.1) is 0 Å². The van der Waals surface area contributed by atoms with E-state index in [9.17, 15) is 18.4 Å². The first-order chi connectivity index (χ1) is 11.8. The molecule has 7 heteroatoms. The van der Waals surface area contributed by atoms with Crippen molar-refractivity contribution in [2.45, 2.75) is 44.3 Å². The molecule has 4 rings (SSSR count). The summed E-state index contributed by atoms with van der Waals surface area (Å²) in [4.78, 5) is 24.7. The Morgan fingerprint density at radius 1 is 1.20 bits per heavy atom. The van der Waals surface area contributed by atoms with Gasteiger partial charge in [0.15, 0.2) is 0 Å². The van der Waals surface area contributed by atoms with Gasteiger partial charge < -0.3 is 15.4 Å². The zero-order valence-electron chi connectivity index (χ0n) is 14.1. The molecule has 25 heavy (non-hydrogen) atoms. The maximum absolute atomic E-state index is 13.3. The van der Waals surface area contributed by atoms with Gasteiger partial charge in [0.25, 0.3) is 11.8 Å². The molecule has 3 unspecified atom stereocenters. The van der Waals surface area contributed by atoms with Crippen LogP contribution in [0.3, 0.4) is 0 Å². The minimum atomic E-state index is -2.59. The number of benzene rings is 1. The van der Waals surface area contributed by atoms with Gasteiger partial charge in [-0.1, -0.05) is 0 Å². The van der Waals surface area contributed by atoms with E-state index in [1.54, 1.807) is 6.07 Å². The van der Waals surface area contributed by atoms with Gasteiger partial charge in [-0.3, -0.25) is 9.59 Å². The van der Waals surface area contributed by atoms with Gasteiger partial charge in [0, 0.05) is 37.9 Å². The van der Waals surface area contributed by atoms with Crippen molar-refractivity contribution in [3.8, 4) is 5.75 Å². The van der Waals surface area contributed by atoms with E-state index in [1.165, 1.54) is 13.1 Å². The highest BCUT2D eigenvalue weighted by atomic mass is 19.3. The van der Waals surface area contributed by atoms with Crippen LogP contribution < -0.4 is 15.4 Å². The third kappa shape index (κ3) is 2.75. The first-order valence-electron chi connectivity index (χ1n) is 8.53. The largest absolute Gasteiger partial charge is 0.489 e. The molecule has 1 aromatic rings. The van der Waals surface area contributed by atoms with E-state index < -0.39 is 5.92 Å². The molecule has 0 bridgehead atoms. The molecule has 0 radical (unpaired) electrons. The molecule has 2 saturated carbocycles. The standard InChI is InChI=1S/C18H20F2N2O3/c1-8-3-9-4-10(5-11(15(9)25-8)17(24)21-2)16(23)22-14-12-6-18(19,20)7-13(12)14/h4-5,8,12-14H,3,6-7H2,1-2H3,(H,21,24)(H,22,23). The fourth-order valence-corrected chi connectivity index (χ4v) is 4.19. The van der Waals surface area contributed by atoms with Crippen LogP contribution in [0.5, 0.6) is 5.75 Å². The van der Waals surface area contributed by atoms with Crippen LogP contribution in [0.15, 0.2) is 12.1 Å². The lowest BCUT2D eigenvalue weighted by molar-refractivity contribution is -0.00623. The highest BCUT2D eigenvalue weighted by molar-refractivity contribution is 6.02. The minimum Gasteiger partial charge on any atom is -0.489 e. The fraction of sp³-hybridized carbons (Fsp3) is 0.556. The normalized spacial score (nSPS) is 30.9. The topological polar surface area (TPSA) is 67.4 Å². The average Bonchev–Trinajstić information content (AvgIpc) is 2.89. The van der Waals surface area contributed by atoms with Crippen LogP contribution >= 0.6 is 0 Å². The molecule has 3 atom stereocenters. The van der Waals surface area contributed by atoms with E-state index in [-0.39, 0.29) is 48.6 Å². The van der Waals surface area contributed by atoms with Crippen LogP contribution in [0.1, 0.15) is 46.0 Å². The summed E-state index contributed by atoms with van der Waals surface area (Å²) in [5.41, 5.74) is 1.52. The molecular formula is C18H20F2N2O3. The van der Waals surface area contributed by atoms with Gasteiger partial charge in [0.1, 0.15) is 11.9 Å². The van der Waals surface area contributed by atoms with Crippen molar-refractivity contribution in [1.29, 1.82) is 0 Å². The number of hydrogen-bond donors (Lipinski definition) is 2. The summed E-state index contributed by atoms with van der Waals surface area (Å²) < 4.78 is 32.2. The van der Waals surface area contributed by atoms with Gasteiger partial charge in [-0.05, 0) is 36.5 Å². The second-order valence-electron chi connectivity index (χ2n) is 7.31. The molecule has 3 aliphatic rings. The number of ether oxygens (including phenoxy) is 1. The number of nitrogens with one attached hydrogen (secondary N) is 2. The Morgan fingerprint density at radius 3 is 2.52 bits per heavy atom. The van der Waals surface area contributed by atoms with E-state index in [0.29, 0.717) is 23.3 Å². The van der Waals surface area contributed by atoms with E-state index in [2.05, 4.69) is 10.6 Å². The minimum absolute atomic E-state index is 0.0539. The summed E-state index contributed by atoms with van der Waals surface area (Å²) in [6.45, 7) is 1.90. The van der Waals surface area contributed by atoms with Crippen molar-refractivity contribution >= 4 is 11.8 Å². The lowest BCUT2D eigenvalue weighted by atomic mass is 10.0. The van der Waals surface area contributed by atoms with E-state index in [4.69, 9.17) is 4.74 Å². The Hall–Kier alpha value is -2.18. The van der Waals surface area contributed by atoms with Crippen molar-refractivity contribution in [2.24, 2.45) is 11.8 Å². The summed E-state index contributed by atoms with van der Waals surface area (Å²) >= 11 is 0. The Balaban J connectivity index is 1.54. The molecule has 1 aromatic carbocycles. The number of fused-ring (bicyclic) bond motifs is 2. The third-order valence-corrected chi connectivity index (χ3v) is 5.42. The van der Waals surface area contributed by atoms with Crippen molar-refractivity contribution < 1.29 is 23.1 Å². The van der Waals surface area contributed by atoms with Gasteiger partial charge in [0.05, 0.1) is 5.56 Å². The molecule has 0 spiro atoms. The van der Waals surface area contributed by atoms with Crippen LogP contribution in [0.25, 0.3) is 0 Å². The Bertz CT molecular complexity index is 751. The van der Waals surface area contributed by atoms with E-state index in [1.807, 2.05) is 6.92 Å². The van der Waals surface area contributed by atoms with Gasteiger partial charge in [0.2, 0.25) is 5.92 Å². The molecule has 134 valence electrons. The Kier molecular flexibility index (Phi) is 3.53. The van der Waals surface area contributed by atoms with Crippen molar-refractivity contribution in [1.82, 2.24) is 10.6 Å². The molecular weight excluding hydrogens is 330 g/mol. The summed E-state index contributed by atoms with van der Waals surface area (Å²) in [7, 11) is 1.52. The first-order valence-corrected chi connectivity index (χ1v) is 8.53. The summed E-state index contributed by atoms with van der Waals surface area (Å²) in [5.74, 6) is -2.97. The van der Waals surface area contributed by atoms with Crippen molar-refractivity contribution in [3.63, 3.8) is 0 Å². The van der Waals surface area contributed by atoms with E-state index >= 15 is 0 Å². The molecule has 1 heterocycles. The van der Waals surface area contributed by atoms with Crippen molar-refractivity contribution in [2.75, 3.05) is 7.05 Å². The predicted octanol–water partition coefficient (Wildman–Crippen LogP) is 2.14. The molecule has 2 fully saturated rings.